The average molecular weight is 306 g/mol. The molecule has 0 heterocycles. The van der Waals surface area contributed by atoms with Crippen LogP contribution < -0.4 is 4.74 Å². The van der Waals surface area contributed by atoms with Crippen molar-refractivity contribution in [2.24, 2.45) is 5.92 Å². The minimum atomic E-state index is 0.0333. The highest BCUT2D eigenvalue weighted by Crippen LogP contribution is 2.27. The summed E-state index contributed by atoms with van der Waals surface area (Å²) in [4.78, 5) is 11.6. The molecule has 0 N–H and O–H groups in total. The Hall–Kier alpha value is -0.540. The summed E-state index contributed by atoms with van der Waals surface area (Å²) in [6.45, 7) is 3.95. The quantitative estimate of drug-likeness (QED) is 0.819. The highest BCUT2D eigenvalue weighted by molar-refractivity contribution is 9.10. The number of halogens is 2. The van der Waals surface area contributed by atoms with Crippen LogP contribution >= 0.6 is 27.5 Å². The van der Waals surface area contributed by atoms with Gasteiger partial charge in [0.05, 0.1) is 5.02 Å². The van der Waals surface area contributed by atoms with Gasteiger partial charge in [-0.1, -0.05) is 41.4 Å². The molecule has 0 aliphatic rings. The molecule has 1 atom stereocenters. The number of hydrogen-bond donors (Lipinski definition) is 0. The maximum absolute atomic E-state index is 11.6. The Kier molecular flexibility index (Phi) is 5.29. The minimum absolute atomic E-state index is 0.0333. The van der Waals surface area contributed by atoms with Gasteiger partial charge in [0.15, 0.2) is 5.78 Å². The summed E-state index contributed by atoms with van der Waals surface area (Å²) in [6.07, 6.45) is 0.828. The Morgan fingerprint density at radius 2 is 2.25 bits per heavy atom. The maximum atomic E-state index is 11.6. The molecule has 0 amide bonds. The molecule has 1 aromatic carbocycles. The summed E-state index contributed by atoms with van der Waals surface area (Å²) in [5.41, 5.74) is 0. The van der Waals surface area contributed by atoms with Gasteiger partial charge in [0.1, 0.15) is 12.4 Å². The second-order valence-corrected chi connectivity index (χ2v) is 4.96. The van der Waals surface area contributed by atoms with E-state index in [0.717, 1.165) is 10.9 Å². The third-order valence-electron chi connectivity index (χ3n) is 2.43. The van der Waals surface area contributed by atoms with Crippen LogP contribution in [0.25, 0.3) is 0 Å². The summed E-state index contributed by atoms with van der Waals surface area (Å²) < 4.78 is 6.27. The fourth-order valence-electron chi connectivity index (χ4n) is 1.11. The highest BCUT2D eigenvalue weighted by atomic mass is 79.9. The largest absolute Gasteiger partial charge is 0.484 e. The molecule has 2 nitrogen and oxygen atoms in total. The van der Waals surface area contributed by atoms with E-state index in [-0.39, 0.29) is 18.3 Å². The van der Waals surface area contributed by atoms with E-state index in [1.807, 2.05) is 19.9 Å². The van der Waals surface area contributed by atoms with Crippen molar-refractivity contribution >= 4 is 33.3 Å². The van der Waals surface area contributed by atoms with Crippen LogP contribution in [-0.2, 0) is 4.79 Å². The summed E-state index contributed by atoms with van der Waals surface area (Å²) in [5.74, 6) is 0.664. The maximum Gasteiger partial charge on any atom is 0.172 e. The lowest BCUT2D eigenvalue weighted by atomic mass is 10.1. The first-order chi connectivity index (χ1) is 7.54. The van der Waals surface area contributed by atoms with Gasteiger partial charge < -0.3 is 4.74 Å². The van der Waals surface area contributed by atoms with Crippen LogP contribution in [0.3, 0.4) is 0 Å². The van der Waals surface area contributed by atoms with Crippen molar-refractivity contribution in [3.8, 4) is 5.75 Å². The van der Waals surface area contributed by atoms with Crippen LogP contribution in [0.5, 0.6) is 5.75 Å². The number of carbonyl (C=O) groups is 1. The second-order valence-electron chi connectivity index (χ2n) is 3.64. The molecule has 0 saturated heterocycles. The number of Topliss-reactive ketones (excluding diaryl/α,β-unsaturated/α-hetero) is 1. The van der Waals surface area contributed by atoms with Gasteiger partial charge in [-0.15, -0.1) is 0 Å². The van der Waals surface area contributed by atoms with E-state index >= 15 is 0 Å². The number of benzene rings is 1. The van der Waals surface area contributed by atoms with E-state index < -0.39 is 0 Å². The van der Waals surface area contributed by atoms with Gasteiger partial charge in [-0.25, -0.2) is 0 Å². The fourth-order valence-corrected chi connectivity index (χ4v) is 1.62. The first-order valence-electron chi connectivity index (χ1n) is 5.15. The summed E-state index contributed by atoms with van der Waals surface area (Å²) in [7, 11) is 0. The molecule has 0 bridgehead atoms. The zero-order valence-corrected chi connectivity index (χ0v) is 11.6. The van der Waals surface area contributed by atoms with Gasteiger partial charge in [-0.2, -0.15) is 0 Å². The lowest BCUT2D eigenvalue weighted by molar-refractivity contribution is -0.124. The number of rotatable bonds is 5. The van der Waals surface area contributed by atoms with E-state index in [9.17, 15) is 4.79 Å². The Morgan fingerprint density at radius 3 is 2.88 bits per heavy atom. The molecule has 88 valence electrons. The molecule has 0 aliphatic carbocycles. The molecule has 1 aromatic rings. The van der Waals surface area contributed by atoms with Crippen molar-refractivity contribution < 1.29 is 9.53 Å². The normalized spacial score (nSPS) is 12.2. The molecule has 1 rings (SSSR count). The monoisotopic (exact) mass is 304 g/mol. The van der Waals surface area contributed by atoms with Crippen LogP contribution in [0.4, 0.5) is 0 Å². The fraction of sp³-hybridized carbons (Fsp3) is 0.417. The molecule has 0 fully saturated rings. The van der Waals surface area contributed by atoms with Crippen molar-refractivity contribution in [2.45, 2.75) is 20.3 Å². The molecule has 0 aliphatic heterocycles. The highest BCUT2D eigenvalue weighted by Gasteiger charge is 2.12. The number of hydrogen-bond acceptors (Lipinski definition) is 2. The smallest absolute Gasteiger partial charge is 0.172 e. The summed E-state index contributed by atoms with van der Waals surface area (Å²) in [5, 5.41) is 0.514. The number of carbonyl (C=O) groups excluding carboxylic acids is 1. The van der Waals surface area contributed by atoms with Gasteiger partial charge in [0.2, 0.25) is 0 Å². The zero-order chi connectivity index (χ0) is 12.1. The van der Waals surface area contributed by atoms with E-state index in [0.29, 0.717) is 10.8 Å². The SMILES string of the molecule is CCC(C)C(=O)COc1cc(Br)ccc1Cl. The van der Waals surface area contributed by atoms with Crippen LogP contribution in [0.2, 0.25) is 5.02 Å². The standard InChI is InChI=1S/C12H14BrClO2/c1-3-8(2)11(15)7-16-12-6-9(13)4-5-10(12)14/h4-6,8H,3,7H2,1-2H3. The summed E-state index contributed by atoms with van der Waals surface area (Å²) >= 11 is 9.26. The molecule has 16 heavy (non-hydrogen) atoms. The molecule has 4 heteroatoms. The third-order valence-corrected chi connectivity index (χ3v) is 3.23. The average Bonchev–Trinajstić information content (AvgIpc) is 2.28. The predicted molar refractivity (Wildman–Crippen MR) is 69.1 cm³/mol. The Labute approximate surface area is 109 Å². The molecular weight excluding hydrogens is 291 g/mol. The first kappa shape index (κ1) is 13.5. The Morgan fingerprint density at radius 1 is 1.56 bits per heavy atom. The van der Waals surface area contributed by atoms with E-state index in [1.165, 1.54) is 0 Å². The van der Waals surface area contributed by atoms with Crippen molar-refractivity contribution in [1.29, 1.82) is 0 Å². The van der Waals surface area contributed by atoms with E-state index in [2.05, 4.69) is 15.9 Å². The van der Waals surface area contributed by atoms with Crippen LogP contribution in [0.15, 0.2) is 22.7 Å². The van der Waals surface area contributed by atoms with Gasteiger partial charge in [-0.05, 0) is 24.6 Å². The minimum Gasteiger partial charge on any atom is -0.484 e. The molecule has 0 spiro atoms. The van der Waals surface area contributed by atoms with Gasteiger partial charge >= 0.3 is 0 Å². The predicted octanol–water partition coefficient (Wildman–Crippen LogP) is 4.10. The molecule has 0 aromatic heterocycles. The molecule has 1 unspecified atom stereocenters. The lowest BCUT2D eigenvalue weighted by Crippen LogP contribution is -2.18. The molecule has 0 radical (unpaired) electrons. The van der Waals surface area contributed by atoms with Crippen molar-refractivity contribution in [3.05, 3.63) is 27.7 Å². The van der Waals surface area contributed by atoms with Crippen molar-refractivity contribution in [2.75, 3.05) is 6.61 Å². The topological polar surface area (TPSA) is 26.3 Å². The second kappa shape index (κ2) is 6.26. The van der Waals surface area contributed by atoms with Gasteiger partial charge in [-0.3, -0.25) is 4.79 Å². The summed E-state index contributed by atoms with van der Waals surface area (Å²) in [6, 6.07) is 5.31. The van der Waals surface area contributed by atoms with E-state index in [4.69, 9.17) is 16.3 Å². The Bertz CT molecular complexity index is 379. The first-order valence-corrected chi connectivity index (χ1v) is 6.32. The third kappa shape index (κ3) is 3.80. The number of ketones is 1. The Balaban J connectivity index is 2.61. The van der Waals surface area contributed by atoms with Crippen molar-refractivity contribution in [3.63, 3.8) is 0 Å². The van der Waals surface area contributed by atoms with Gasteiger partial charge in [0.25, 0.3) is 0 Å². The lowest BCUT2D eigenvalue weighted by Gasteiger charge is -2.10. The zero-order valence-electron chi connectivity index (χ0n) is 9.30. The molecular formula is C12H14BrClO2. The van der Waals surface area contributed by atoms with Crippen molar-refractivity contribution in [1.82, 2.24) is 0 Å². The van der Waals surface area contributed by atoms with E-state index in [1.54, 1.807) is 12.1 Å². The van der Waals surface area contributed by atoms with Crippen LogP contribution in [0, 0.1) is 5.92 Å². The van der Waals surface area contributed by atoms with Crippen LogP contribution in [-0.4, -0.2) is 12.4 Å². The number of ether oxygens (including phenoxy) is 1. The van der Waals surface area contributed by atoms with Gasteiger partial charge in [0, 0.05) is 10.4 Å². The molecule has 0 saturated carbocycles. The van der Waals surface area contributed by atoms with Crippen LogP contribution in [0.1, 0.15) is 20.3 Å².